The average molecular weight is 248 g/mol. The summed E-state index contributed by atoms with van der Waals surface area (Å²) in [4.78, 5) is 14.0. The van der Waals surface area contributed by atoms with Crippen LogP contribution in [0.4, 0.5) is 4.79 Å². The number of hydrogen-bond donors (Lipinski definition) is 1. The Kier molecular flexibility index (Phi) is 2.25. The second kappa shape index (κ2) is 3.64. The monoisotopic (exact) mass is 248 g/mol. The van der Waals surface area contributed by atoms with Crippen molar-refractivity contribution in [1.82, 2.24) is 10.2 Å². The van der Waals surface area contributed by atoms with E-state index in [9.17, 15) is 4.79 Å². The summed E-state index contributed by atoms with van der Waals surface area (Å²) in [5.74, 6) is 2.93. The average Bonchev–Trinajstić information content (AvgIpc) is 2.72. The molecule has 100 valence electrons. The molecule has 5 rings (SSSR count). The number of carbonyl (C=O) groups is 1. The summed E-state index contributed by atoms with van der Waals surface area (Å²) in [7, 11) is 0. The van der Waals surface area contributed by atoms with Crippen molar-refractivity contribution in [1.29, 1.82) is 0 Å². The Morgan fingerprint density at radius 3 is 2.17 bits per heavy atom. The highest BCUT2D eigenvalue weighted by molar-refractivity contribution is 5.76. The van der Waals surface area contributed by atoms with Crippen molar-refractivity contribution in [2.24, 2.45) is 23.2 Å². The van der Waals surface area contributed by atoms with E-state index in [0.717, 1.165) is 30.8 Å². The molecule has 0 aromatic rings. The number of hydrogen-bond acceptors (Lipinski definition) is 1. The van der Waals surface area contributed by atoms with E-state index in [-0.39, 0.29) is 6.03 Å². The number of rotatable bonds is 2. The third-order valence-electron chi connectivity index (χ3n) is 6.33. The molecule has 4 aliphatic carbocycles. The molecule has 5 fully saturated rings. The first kappa shape index (κ1) is 11.1. The van der Waals surface area contributed by atoms with Crippen molar-refractivity contribution in [3.8, 4) is 0 Å². The molecule has 18 heavy (non-hydrogen) atoms. The molecule has 1 atom stereocenters. The Bertz CT molecular complexity index is 343. The molecule has 0 aromatic carbocycles. The summed E-state index contributed by atoms with van der Waals surface area (Å²) >= 11 is 0. The van der Waals surface area contributed by atoms with Crippen LogP contribution in [0.15, 0.2) is 0 Å². The van der Waals surface area contributed by atoms with E-state index >= 15 is 0 Å². The topological polar surface area (TPSA) is 32.3 Å². The highest BCUT2D eigenvalue weighted by Gasteiger charge is 2.54. The van der Waals surface area contributed by atoms with E-state index < -0.39 is 0 Å². The molecule has 0 radical (unpaired) electrons. The van der Waals surface area contributed by atoms with Crippen molar-refractivity contribution in [3.63, 3.8) is 0 Å². The summed E-state index contributed by atoms with van der Waals surface area (Å²) in [5.41, 5.74) is 0.469. The van der Waals surface area contributed by atoms with Crippen LogP contribution in [0.25, 0.3) is 0 Å². The predicted octanol–water partition coefficient (Wildman–Crippen LogP) is 2.62. The molecule has 4 bridgehead atoms. The molecule has 1 aliphatic heterocycles. The predicted molar refractivity (Wildman–Crippen MR) is 70.2 cm³/mol. The highest BCUT2D eigenvalue weighted by Crippen LogP contribution is 2.61. The summed E-state index contributed by atoms with van der Waals surface area (Å²) in [6.45, 7) is 4.08. The van der Waals surface area contributed by atoms with Crippen molar-refractivity contribution >= 4 is 6.03 Å². The van der Waals surface area contributed by atoms with Gasteiger partial charge in [-0.2, -0.15) is 0 Å². The van der Waals surface area contributed by atoms with Gasteiger partial charge in [-0.05, 0) is 68.6 Å². The number of carbonyl (C=O) groups excluding carboxylic acids is 1. The molecule has 1 saturated heterocycles. The second-order valence-electron chi connectivity index (χ2n) is 7.38. The van der Waals surface area contributed by atoms with Crippen LogP contribution in [-0.2, 0) is 0 Å². The molecular weight excluding hydrogens is 224 g/mol. The fourth-order valence-corrected chi connectivity index (χ4v) is 5.88. The Morgan fingerprint density at radius 2 is 1.72 bits per heavy atom. The molecule has 4 saturated carbocycles. The van der Waals surface area contributed by atoms with Gasteiger partial charge in [0, 0.05) is 19.1 Å². The van der Waals surface area contributed by atoms with Gasteiger partial charge in [-0.15, -0.1) is 0 Å². The fraction of sp³-hybridized carbons (Fsp3) is 0.933. The lowest BCUT2D eigenvalue weighted by atomic mass is 9.47. The summed E-state index contributed by atoms with van der Waals surface area (Å²) < 4.78 is 0. The summed E-state index contributed by atoms with van der Waals surface area (Å²) in [6, 6.07) is 0.631. The minimum Gasteiger partial charge on any atom is -0.336 e. The van der Waals surface area contributed by atoms with Crippen molar-refractivity contribution < 1.29 is 4.79 Å². The Morgan fingerprint density at radius 1 is 1.17 bits per heavy atom. The molecule has 0 aromatic heterocycles. The maximum atomic E-state index is 11.9. The molecule has 5 aliphatic rings. The maximum Gasteiger partial charge on any atom is 0.317 e. The van der Waals surface area contributed by atoms with E-state index in [1.165, 1.54) is 38.5 Å². The van der Waals surface area contributed by atoms with Crippen LogP contribution >= 0.6 is 0 Å². The van der Waals surface area contributed by atoms with Gasteiger partial charge in [0.2, 0.25) is 0 Å². The molecule has 3 heteroatoms. The third kappa shape index (κ3) is 1.45. The van der Waals surface area contributed by atoms with Gasteiger partial charge in [0.25, 0.3) is 0 Å². The van der Waals surface area contributed by atoms with Crippen LogP contribution < -0.4 is 5.32 Å². The minimum absolute atomic E-state index is 0.179. The van der Waals surface area contributed by atoms with Gasteiger partial charge in [0.1, 0.15) is 0 Å². The van der Waals surface area contributed by atoms with Gasteiger partial charge in [0.05, 0.1) is 0 Å². The van der Waals surface area contributed by atoms with E-state index in [1.807, 2.05) is 0 Å². The lowest BCUT2D eigenvalue weighted by Gasteiger charge is -2.60. The van der Waals surface area contributed by atoms with Crippen LogP contribution in [0.3, 0.4) is 0 Å². The largest absolute Gasteiger partial charge is 0.336 e. The zero-order valence-corrected chi connectivity index (χ0v) is 11.3. The van der Waals surface area contributed by atoms with Crippen LogP contribution in [0, 0.1) is 23.2 Å². The third-order valence-corrected chi connectivity index (χ3v) is 6.33. The number of amides is 2. The first-order valence-corrected chi connectivity index (χ1v) is 7.71. The van der Waals surface area contributed by atoms with Crippen LogP contribution in [0.5, 0.6) is 0 Å². The number of nitrogens with zero attached hydrogens (tertiary/aromatic N) is 1. The van der Waals surface area contributed by atoms with Gasteiger partial charge in [0.15, 0.2) is 0 Å². The Labute approximate surface area is 109 Å². The number of urea groups is 1. The quantitative estimate of drug-likeness (QED) is 0.800. The van der Waals surface area contributed by atoms with Gasteiger partial charge in [-0.1, -0.05) is 0 Å². The normalized spacial score (nSPS) is 47.5. The fourth-order valence-electron chi connectivity index (χ4n) is 5.88. The first-order valence-electron chi connectivity index (χ1n) is 7.71. The molecule has 2 amide bonds. The van der Waals surface area contributed by atoms with Gasteiger partial charge >= 0.3 is 6.03 Å². The van der Waals surface area contributed by atoms with E-state index in [4.69, 9.17) is 0 Å². The number of nitrogens with one attached hydrogen (secondary N) is 1. The summed E-state index contributed by atoms with van der Waals surface area (Å²) in [6.07, 6.45) is 8.63. The Hall–Kier alpha value is -0.730. The van der Waals surface area contributed by atoms with Gasteiger partial charge < -0.3 is 10.2 Å². The molecule has 0 unspecified atom stereocenters. The lowest BCUT2D eigenvalue weighted by Crippen LogP contribution is -2.56. The molecule has 3 nitrogen and oxygen atoms in total. The molecular formula is C15H24N2O. The van der Waals surface area contributed by atoms with Gasteiger partial charge in [-0.3, -0.25) is 0 Å². The van der Waals surface area contributed by atoms with Crippen LogP contribution in [-0.4, -0.2) is 30.1 Å². The standard InChI is InChI=1S/C15H24N2O/c1-10(17-3-2-16-14(17)18)15-7-11-4-12(8-15)6-13(5-11)9-15/h10-13H,2-9H2,1H3,(H,16,18)/t10-,11?,12?,13?,15?/m0/s1. The van der Waals surface area contributed by atoms with Crippen molar-refractivity contribution in [2.75, 3.05) is 13.1 Å². The molecule has 0 spiro atoms. The second-order valence-corrected chi connectivity index (χ2v) is 7.38. The van der Waals surface area contributed by atoms with Crippen LogP contribution in [0.1, 0.15) is 45.4 Å². The summed E-state index contributed by atoms with van der Waals surface area (Å²) in [5, 5.41) is 2.97. The SMILES string of the molecule is C[C@H](N1CCNC1=O)C12CC3CC(CC(C3)C1)C2. The maximum absolute atomic E-state index is 11.9. The molecule has 1 heterocycles. The van der Waals surface area contributed by atoms with Crippen molar-refractivity contribution in [2.45, 2.75) is 51.5 Å². The smallest absolute Gasteiger partial charge is 0.317 e. The highest BCUT2D eigenvalue weighted by atomic mass is 16.2. The van der Waals surface area contributed by atoms with E-state index in [1.54, 1.807) is 0 Å². The minimum atomic E-state index is 0.179. The van der Waals surface area contributed by atoms with Crippen LogP contribution in [0.2, 0.25) is 0 Å². The zero-order chi connectivity index (χ0) is 12.3. The lowest BCUT2D eigenvalue weighted by molar-refractivity contribution is -0.0864. The van der Waals surface area contributed by atoms with Gasteiger partial charge in [-0.25, -0.2) is 4.79 Å². The Balaban J connectivity index is 1.61. The zero-order valence-electron chi connectivity index (χ0n) is 11.3. The van der Waals surface area contributed by atoms with Crippen molar-refractivity contribution in [3.05, 3.63) is 0 Å². The molecule has 1 N–H and O–H groups in total. The van der Waals surface area contributed by atoms with E-state index in [2.05, 4.69) is 17.1 Å². The first-order chi connectivity index (χ1) is 8.66. The van der Waals surface area contributed by atoms with E-state index in [0.29, 0.717) is 11.5 Å².